The average Bonchev–Trinajstić information content (AvgIpc) is 2.75. The van der Waals surface area contributed by atoms with Crippen LogP contribution in [0.15, 0.2) is 6.20 Å². The molecule has 1 aliphatic heterocycles. The topological polar surface area (TPSA) is 50.5 Å². The summed E-state index contributed by atoms with van der Waals surface area (Å²) in [5.74, 6) is 0.712. The fourth-order valence-electron chi connectivity index (χ4n) is 3.26. The molecule has 0 saturated carbocycles. The third kappa shape index (κ3) is 3.40. The number of hydrogen-bond acceptors (Lipinski definition) is 4. The molecule has 1 fully saturated rings. The molecular weight excluding hydrogens is 266 g/mol. The van der Waals surface area contributed by atoms with Gasteiger partial charge in [-0.25, -0.2) is 0 Å². The van der Waals surface area contributed by atoms with E-state index in [1.807, 2.05) is 4.68 Å². The zero-order valence-electron chi connectivity index (χ0n) is 13.8. The minimum absolute atomic E-state index is 0.523. The second-order valence-corrected chi connectivity index (χ2v) is 6.30. The number of methoxy groups -OCH3 is 1. The lowest BCUT2D eigenvalue weighted by atomic mass is 9.90. The minimum atomic E-state index is -0.833. The van der Waals surface area contributed by atoms with Crippen LogP contribution in [0.25, 0.3) is 0 Å². The van der Waals surface area contributed by atoms with Crippen LogP contribution >= 0.6 is 0 Å². The number of hydrogen-bond donors (Lipinski definition) is 1. The molecule has 1 N–H and O–H groups in total. The van der Waals surface area contributed by atoms with Gasteiger partial charge in [-0.05, 0) is 46.1 Å². The Hall–Kier alpha value is -1.07. The third-order valence-electron chi connectivity index (χ3n) is 4.48. The SMILES string of the molecule is CCCn1ncc(OC)c1C1(O)CCCN(C(C)C)CC1. The van der Waals surface area contributed by atoms with Gasteiger partial charge in [-0.2, -0.15) is 5.10 Å². The van der Waals surface area contributed by atoms with Gasteiger partial charge in [0.1, 0.15) is 11.3 Å². The summed E-state index contributed by atoms with van der Waals surface area (Å²) in [4.78, 5) is 2.44. The summed E-state index contributed by atoms with van der Waals surface area (Å²) < 4.78 is 7.37. The van der Waals surface area contributed by atoms with Crippen molar-refractivity contribution >= 4 is 0 Å². The Bertz CT molecular complexity index is 458. The van der Waals surface area contributed by atoms with Crippen molar-refractivity contribution in [2.24, 2.45) is 0 Å². The lowest BCUT2D eigenvalue weighted by Crippen LogP contribution is -2.34. The maximum atomic E-state index is 11.3. The highest BCUT2D eigenvalue weighted by atomic mass is 16.5. The predicted molar refractivity (Wildman–Crippen MR) is 83.5 cm³/mol. The van der Waals surface area contributed by atoms with Crippen LogP contribution in [0, 0.1) is 0 Å². The van der Waals surface area contributed by atoms with Gasteiger partial charge in [-0.15, -0.1) is 0 Å². The van der Waals surface area contributed by atoms with Gasteiger partial charge in [0, 0.05) is 19.1 Å². The van der Waals surface area contributed by atoms with E-state index in [4.69, 9.17) is 4.74 Å². The van der Waals surface area contributed by atoms with E-state index in [2.05, 4.69) is 30.8 Å². The molecule has 1 atom stereocenters. The number of ether oxygens (including phenoxy) is 1. The highest BCUT2D eigenvalue weighted by molar-refractivity contribution is 5.31. The quantitative estimate of drug-likeness (QED) is 0.906. The first-order valence-corrected chi connectivity index (χ1v) is 8.08. The molecule has 21 heavy (non-hydrogen) atoms. The molecule has 1 unspecified atom stereocenters. The van der Waals surface area contributed by atoms with Crippen molar-refractivity contribution in [1.82, 2.24) is 14.7 Å². The second-order valence-electron chi connectivity index (χ2n) is 6.30. The number of aryl methyl sites for hydroxylation is 1. The van der Waals surface area contributed by atoms with Crippen molar-refractivity contribution in [3.8, 4) is 5.75 Å². The van der Waals surface area contributed by atoms with E-state index >= 15 is 0 Å². The number of likely N-dealkylation sites (tertiary alicyclic amines) is 1. The van der Waals surface area contributed by atoms with Crippen molar-refractivity contribution in [2.45, 2.75) is 64.6 Å². The Kier molecular flexibility index (Phi) is 5.27. The van der Waals surface area contributed by atoms with Crippen molar-refractivity contribution in [3.05, 3.63) is 11.9 Å². The molecule has 1 aromatic heterocycles. The van der Waals surface area contributed by atoms with Crippen LogP contribution < -0.4 is 4.74 Å². The molecule has 1 aliphatic rings. The molecule has 5 nitrogen and oxygen atoms in total. The van der Waals surface area contributed by atoms with Gasteiger partial charge in [0.2, 0.25) is 0 Å². The zero-order chi connectivity index (χ0) is 15.5. The van der Waals surface area contributed by atoms with Crippen LogP contribution in [0.2, 0.25) is 0 Å². The van der Waals surface area contributed by atoms with Crippen LogP contribution in [0.4, 0.5) is 0 Å². The van der Waals surface area contributed by atoms with E-state index in [1.165, 1.54) is 0 Å². The van der Waals surface area contributed by atoms with E-state index in [-0.39, 0.29) is 0 Å². The maximum Gasteiger partial charge on any atom is 0.162 e. The molecule has 0 radical (unpaired) electrons. The summed E-state index contributed by atoms with van der Waals surface area (Å²) in [5, 5.41) is 15.7. The fourth-order valence-corrected chi connectivity index (χ4v) is 3.26. The van der Waals surface area contributed by atoms with Crippen molar-refractivity contribution in [2.75, 3.05) is 20.2 Å². The Labute approximate surface area is 127 Å². The summed E-state index contributed by atoms with van der Waals surface area (Å²) in [5.41, 5.74) is 0.0261. The van der Waals surface area contributed by atoms with Gasteiger partial charge in [0.15, 0.2) is 5.75 Å². The summed E-state index contributed by atoms with van der Waals surface area (Å²) in [6.07, 6.45) is 5.22. The Morgan fingerprint density at radius 1 is 1.38 bits per heavy atom. The third-order valence-corrected chi connectivity index (χ3v) is 4.48. The van der Waals surface area contributed by atoms with E-state index in [1.54, 1.807) is 13.3 Å². The van der Waals surface area contributed by atoms with Crippen molar-refractivity contribution in [1.29, 1.82) is 0 Å². The van der Waals surface area contributed by atoms with E-state index in [9.17, 15) is 5.11 Å². The van der Waals surface area contributed by atoms with Crippen molar-refractivity contribution < 1.29 is 9.84 Å². The molecule has 1 aromatic rings. The van der Waals surface area contributed by atoms with Crippen LogP contribution in [0.1, 0.15) is 52.1 Å². The van der Waals surface area contributed by atoms with Crippen LogP contribution in [-0.2, 0) is 12.1 Å². The van der Waals surface area contributed by atoms with Gasteiger partial charge in [0.25, 0.3) is 0 Å². The minimum Gasteiger partial charge on any atom is -0.493 e. The lowest BCUT2D eigenvalue weighted by Gasteiger charge is -2.29. The zero-order valence-corrected chi connectivity index (χ0v) is 13.8. The molecule has 5 heteroatoms. The van der Waals surface area contributed by atoms with Crippen molar-refractivity contribution in [3.63, 3.8) is 0 Å². The summed E-state index contributed by atoms with van der Waals surface area (Å²) in [6, 6.07) is 0.523. The first-order chi connectivity index (χ1) is 10.0. The van der Waals surface area contributed by atoms with Crippen LogP contribution in [0.5, 0.6) is 5.75 Å². The average molecular weight is 295 g/mol. The largest absolute Gasteiger partial charge is 0.493 e. The lowest BCUT2D eigenvalue weighted by molar-refractivity contribution is 0.00940. The number of nitrogens with zero attached hydrogens (tertiary/aromatic N) is 3. The highest BCUT2D eigenvalue weighted by Crippen LogP contribution is 2.38. The second kappa shape index (κ2) is 6.79. The van der Waals surface area contributed by atoms with Gasteiger partial charge < -0.3 is 14.7 Å². The molecule has 0 aliphatic carbocycles. The van der Waals surface area contributed by atoms with Gasteiger partial charge in [-0.3, -0.25) is 4.68 Å². The Morgan fingerprint density at radius 2 is 2.14 bits per heavy atom. The molecule has 0 spiro atoms. The molecule has 120 valence electrons. The van der Waals surface area contributed by atoms with E-state index in [0.29, 0.717) is 11.8 Å². The number of rotatable bonds is 5. The molecule has 0 bridgehead atoms. The maximum absolute atomic E-state index is 11.3. The smallest absolute Gasteiger partial charge is 0.162 e. The van der Waals surface area contributed by atoms with Gasteiger partial charge in [0.05, 0.1) is 13.3 Å². The predicted octanol–water partition coefficient (Wildman–Crippen LogP) is 2.38. The van der Waals surface area contributed by atoms with Gasteiger partial charge >= 0.3 is 0 Å². The first-order valence-electron chi connectivity index (χ1n) is 8.08. The normalized spacial score (nSPS) is 24.3. The highest BCUT2D eigenvalue weighted by Gasteiger charge is 2.38. The standard InChI is InChI=1S/C16H29N3O2/c1-5-9-19-15(14(21-4)12-17-19)16(20)7-6-10-18(11-8-16)13(2)3/h12-13,20H,5-11H2,1-4H3. The monoisotopic (exact) mass is 295 g/mol. The van der Waals surface area contributed by atoms with Crippen LogP contribution in [-0.4, -0.2) is 46.0 Å². The molecule has 0 amide bonds. The number of aromatic nitrogens is 2. The van der Waals surface area contributed by atoms with E-state index in [0.717, 1.165) is 51.0 Å². The summed E-state index contributed by atoms with van der Waals surface area (Å²) in [7, 11) is 1.65. The molecule has 0 aromatic carbocycles. The fraction of sp³-hybridized carbons (Fsp3) is 0.812. The molecule has 2 rings (SSSR count). The number of aliphatic hydroxyl groups is 1. The molecule has 1 saturated heterocycles. The summed E-state index contributed by atoms with van der Waals surface area (Å²) >= 11 is 0. The van der Waals surface area contributed by atoms with E-state index < -0.39 is 5.60 Å². The Balaban J connectivity index is 2.28. The molecular formula is C16H29N3O2. The summed E-state index contributed by atoms with van der Waals surface area (Å²) in [6.45, 7) is 9.32. The Morgan fingerprint density at radius 3 is 2.76 bits per heavy atom. The molecule has 2 heterocycles. The van der Waals surface area contributed by atoms with Crippen LogP contribution in [0.3, 0.4) is 0 Å². The van der Waals surface area contributed by atoms with Gasteiger partial charge in [-0.1, -0.05) is 6.92 Å². The first kappa shape index (κ1) is 16.3.